The van der Waals surface area contributed by atoms with E-state index in [4.69, 9.17) is 10.8 Å². The van der Waals surface area contributed by atoms with Crippen LogP contribution in [0, 0.1) is 0 Å². The second kappa shape index (κ2) is 5.86. The molecule has 0 amide bonds. The summed E-state index contributed by atoms with van der Waals surface area (Å²) in [5.41, 5.74) is 7.08. The number of para-hydroxylation sites is 1. The molecule has 0 radical (unpaired) electrons. The molecule has 0 fully saturated rings. The third-order valence-corrected chi connectivity index (χ3v) is 2.13. The molecule has 0 saturated carbocycles. The second-order valence-corrected chi connectivity index (χ2v) is 3.00. The fourth-order valence-electron chi connectivity index (χ4n) is 1.29. The first-order chi connectivity index (χ1) is 6.20. The molecule has 0 aliphatic rings. The van der Waals surface area contributed by atoms with Gasteiger partial charge in [0.2, 0.25) is 0 Å². The van der Waals surface area contributed by atoms with Crippen LogP contribution >= 0.6 is 12.4 Å². The predicted octanol–water partition coefficient (Wildman–Crippen LogP) is 1.37. The minimum atomic E-state index is -0.494. The summed E-state index contributed by atoms with van der Waals surface area (Å²) in [4.78, 5) is 0. The largest absolute Gasteiger partial charge is 0.507 e. The van der Waals surface area contributed by atoms with Gasteiger partial charge in [-0.25, -0.2) is 0 Å². The average Bonchev–Trinajstić information content (AvgIpc) is 2.17. The van der Waals surface area contributed by atoms with Crippen molar-refractivity contribution in [1.29, 1.82) is 0 Å². The zero-order valence-electron chi connectivity index (χ0n) is 8.10. The van der Waals surface area contributed by atoms with E-state index in [2.05, 4.69) is 0 Å². The Bertz CT molecular complexity index is 291. The van der Waals surface area contributed by atoms with Crippen molar-refractivity contribution in [2.45, 2.75) is 19.4 Å². The molecule has 0 spiro atoms. The fourth-order valence-corrected chi connectivity index (χ4v) is 1.29. The highest BCUT2D eigenvalue weighted by molar-refractivity contribution is 5.85. The van der Waals surface area contributed by atoms with Crippen molar-refractivity contribution >= 4 is 12.4 Å². The summed E-state index contributed by atoms with van der Waals surface area (Å²) in [7, 11) is 0. The van der Waals surface area contributed by atoms with Gasteiger partial charge in [0, 0.05) is 5.56 Å². The number of aliphatic hydroxyl groups excluding tert-OH is 1. The minimum absolute atomic E-state index is 0. The Balaban J connectivity index is 0.00000169. The van der Waals surface area contributed by atoms with Crippen LogP contribution in [-0.2, 0) is 6.42 Å². The SMILES string of the molecule is CCc1cccc([C@@H](N)CO)c1O.Cl. The molecular formula is C10H16ClNO2. The standard InChI is InChI=1S/C10H15NO2.ClH/c1-2-7-4-3-5-8(10(7)13)9(11)6-12;/h3-5,9,12-13H,2,6,11H2,1H3;1H/t9-;/m0./s1. The van der Waals surface area contributed by atoms with Crippen LogP contribution in [0.5, 0.6) is 5.75 Å². The maximum Gasteiger partial charge on any atom is 0.123 e. The molecule has 3 nitrogen and oxygen atoms in total. The van der Waals surface area contributed by atoms with Crippen LogP contribution in [0.3, 0.4) is 0 Å². The molecule has 1 aromatic carbocycles. The number of nitrogens with two attached hydrogens (primary N) is 1. The van der Waals surface area contributed by atoms with Crippen LogP contribution in [0.4, 0.5) is 0 Å². The summed E-state index contributed by atoms with van der Waals surface area (Å²) in [6, 6.07) is 4.92. The molecule has 1 aromatic rings. The monoisotopic (exact) mass is 217 g/mol. The predicted molar refractivity (Wildman–Crippen MR) is 58.7 cm³/mol. The molecule has 4 heteroatoms. The number of halogens is 1. The summed E-state index contributed by atoms with van der Waals surface area (Å²) in [5, 5.41) is 18.5. The number of aryl methyl sites for hydroxylation is 1. The van der Waals surface area contributed by atoms with E-state index in [0.29, 0.717) is 5.56 Å². The zero-order chi connectivity index (χ0) is 9.84. The van der Waals surface area contributed by atoms with Gasteiger partial charge in [0.1, 0.15) is 5.75 Å². The van der Waals surface area contributed by atoms with E-state index in [1.807, 2.05) is 19.1 Å². The third kappa shape index (κ3) is 2.61. The number of rotatable bonds is 3. The maximum atomic E-state index is 9.70. The molecule has 0 unspecified atom stereocenters. The normalized spacial score (nSPS) is 11.9. The smallest absolute Gasteiger partial charge is 0.123 e. The van der Waals surface area contributed by atoms with Gasteiger partial charge in [-0.1, -0.05) is 25.1 Å². The number of aromatic hydroxyl groups is 1. The minimum Gasteiger partial charge on any atom is -0.507 e. The van der Waals surface area contributed by atoms with Gasteiger partial charge in [-0.2, -0.15) is 0 Å². The van der Waals surface area contributed by atoms with Gasteiger partial charge >= 0.3 is 0 Å². The summed E-state index contributed by atoms with van der Waals surface area (Å²) in [5.74, 6) is 0.214. The Hall–Kier alpha value is -0.770. The van der Waals surface area contributed by atoms with Gasteiger partial charge in [-0.05, 0) is 12.0 Å². The molecule has 80 valence electrons. The highest BCUT2D eigenvalue weighted by Crippen LogP contribution is 2.26. The lowest BCUT2D eigenvalue weighted by Crippen LogP contribution is -2.14. The molecule has 14 heavy (non-hydrogen) atoms. The molecule has 4 N–H and O–H groups in total. The van der Waals surface area contributed by atoms with Crippen molar-refractivity contribution in [1.82, 2.24) is 0 Å². The molecule has 0 aliphatic carbocycles. The summed E-state index contributed by atoms with van der Waals surface area (Å²) in [6.07, 6.45) is 0.762. The van der Waals surface area contributed by atoms with Crippen LogP contribution in [0.1, 0.15) is 24.1 Å². The summed E-state index contributed by atoms with van der Waals surface area (Å²) in [6.45, 7) is 1.81. The van der Waals surface area contributed by atoms with E-state index in [1.165, 1.54) is 0 Å². The highest BCUT2D eigenvalue weighted by Gasteiger charge is 2.11. The van der Waals surface area contributed by atoms with Crippen molar-refractivity contribution in [3.8, 4) is 5.75 Å². The number of benzene rings is 1. The lowest BCUT2D eigenvalue weighted by Gasteiger charge is -2.12. The van der Waals surface area contributed by atoms with Gasteiger partial charge in [0.05, 0.1) is 12.6 Å². The highest BCUT2D eigenvalue weighted by atomic mass is 35.5. The lowest BCUT2D eigenvalue weighted by molar-refractivity contribution is 0.265. The Morgan fingerprint density at radius 2 is 2.07 bits per heavy atom. The van der Waals surface area contributed by atoms with E-state index in [0.717, 1.165) is 12.0 Å². The molecule has 0 saturated heterocycles. The first-order valence-corrected chi connectivity index (χ1v) is 4.37. The van der Waals surface area contributed by atoms with E-state index >= 15 is 0 Å². The Morgan fingerprint density at radius 3 is 2.57 bits per heavy atom. The van der Waals surface area contributed by atoms with Gasteiger partial charge < -0.3 is 15.9 Å². The van der Waals surface area contributed by atoms with Crippen molar-refractivity contribution in [3.05, 3.63) is 29.3 Å². The number of phenols is 1. The molecule has 1 rings (SSSR count). The Morgan fingerprint density at radius 1 is 1.43 bits per heavy atom. The fraction of sp³-hybridized carbons (Fsp3) is 0.400. The first kappa shape index (κ1) is 13.2. The average molecular weight is 218 g/mol. The number of hydrogen-bond donors (Lipinski definition) is 3. The van der Waals surface area contributed by atoms with Crippen LogP contribution in [0.15, 0.2) is 18.2 Å². The van der Waals surface area contributed by atoms with Gasteiger partial charge in [0.15, 0.2) is 0 Å². The first-order valence-electron chi connectivity index (χ1n) is 4.37. The number of hydrogen-bond acceptors (Lipinski definition) is 3. The van der Waals surface area contributed by atoms with Crippen molar-refractivity contribution < 1.29 is 10.2 Å². The van der Waals surface area contributed by atoms with E-state index in [9.17, 15) is 5.11 Å². The quantitative estimate of drug-likeness (QED) is 0.717. The zero-order valence-corrected chi connectivity index (χ0v) is 8.92. The number of phenolic OH excluding ortho intramolecular Hbond substituents is 1. The van der Waals surface area contributed by atoms with Crippen LogP contribution in [-0.4, -0.2) is 16.8 Å². The van der Waals surface area contributed by atoms with E-state index in [-0.39, 0.29) is 24.8 Å². The Labute approximate surface area is 90.0 Å². The lowest BCUT2D eigenvalue weighted by atomic mass is 10.0. The van der Waals surface area contributed by atoms with E-state index < -0.39 is 6.04 Å². The van der Waals surface area contributed by atoms with Crippen LogP contribution in [0.25, 0.3) is 0 Å². The van der Waals surface area contributed by atoms with Crippen molar-refractivity contribution in [2.24, 2.45) is 5.73 Å². The van der Waals surface area contributed by atoms with Crippen molar-refractivity contribution in [2.75, 3.05) is 6.61 Å². The van der Waals surface area contributed by atoms with Crippen LogP contribution < -0.4 is 5.73 Å². The third-order valence-electron chi connectivity index (χ3n) is 2.13. The molecule has 0 aliphatic heterocycles. The molecule has 1 atom stereocenters. The summed E-state index contributed by atoms with van der Waals surface area (Å²) >= 11 is 0. The van der Waals surface area contributed by atoms with Gasteiger partial charge in [-0.15, -0.1) is 12.4 Å². The maximum absolute atomic E-state index is 9.70. The summed E-state index contributed by atoms with van der Waals surface area (Å²) < 4.78 is 0. The number of aliphatic hydroxyl groups is 1. The molecular weight excluding hydrogens is 202 g/mol. The second-order valence-electron chi connectivity index (χ2n) is 3.00. The molecule has 0 bridgehead atoms. The molecule has 0 aromatic heterocycles. The van der Waals surface area contributed by atoms with E-state index in [1.54, 1.807) is 6.07 Å². The van der Waals surface area contributed by atoms with Gasteiger partial charge in [0.25, 0.3) is 0 Å². The molecule has 0 heterocycles. The Kier molecular flexibility index (Phi) is 5.53. The van der Waals surface area contributed by atoms with Gasteiger partial charge in [-0.3, -0.25) is 0 Å². The van der Waals surface area contributed by atoms with Crippen molar-refractivity contribution in [3.63, 3.8) is 0 Å². The topological polar surface area (TPSA) is 66.5 Å². The van der Waals surface area contributed by atoms with Crippen LogP contribution in [0.2, 0.25) is 0 Å².